The molecule has 0 radical (unpaired) electrons. The van der Waals surface area contributed by atoms with Crippen LogP contribution in [0.2, 0.25) is 0 Å². The predicted octanol–water partition coefficient (Wildman–Crippen LogP) is 4.56. The van der Waals surface area contributed by atoms with Crippen molar-refractivity contribution >= 4 is 34.7 Å². The zero-order valence-electron chi connectivity index (χ0n) is 21.3. The number of aromatic nitrogens is 4. The summed E-state index contributed by atoms with van der Waals surface area (Å²) in [6.45, 7) is 4.09. The van der Waals surface area contributed by atoms with E-state index >= 15 is 0 Å². The van der Waals surface area contributed by atoms with Gasteiger partial charge in [0.15, 0.2) is 17.3 Å². The molecule has 3 aromatic rings. The fraction of sp³-hybridized carbons (Fsp3) is 0.538. The van der Waals surface area contributed by atoms with E-state index in [4.69, 9.17) is 10.7 Å². The molecule has 2 saturated carbocycles. The zero-order chi connectivity index (χ0) is 27.2. The van der Waals surface area contributed by atoms with E-state index < -0.39 is 29.2 Å². The van der Waals surface area contributed by atoms with Crippen molar-refractivity contribution in [3.05, 3.63) is 35.8 Å². The number of halogens is 3. The first-order chi connectivity index (χ1) is 18.0. The van der Waals surface area contributed by atoms with E-state index in [2.05, 4.69) is 20.6 Å². The van der Waals surface area contributed by atoms with Crippen LogP contribution in [-0.4, -0.2) is 42.7 Å². The number of primary amides is 1. The van der Waals surface area contributed by atoms with E-state index in [1.165, 1.54) is 6.20 Å². The number of amides is 1. The van der Waals surface area contributed by atoms with Crippen LogP contribution in [0.5, 0.6) is 0 Å². The van der Waals surface area contributed by atoms with Crippen molar-refractivity contribution in [2.75, 3.05) is 10.6 Å². The van der Waals surface area contributed by atoms with E-state index in [1.807, 2.05) is 13.8 Å². The number of benzene rings is 1. The van der Waals surface area contributed by atoms with Crippen LogP contribution in [-0.2, 0) is 4.79 Å². The van der Waals surface area contributed by atoms with E-state index in [9.17, 15) is 23.1 Å². The van der Waals surface area contributed by atoms with Crippen LogP contribution >= 0.6 is 0 Å². The number of hydrogen-bond acceptors (Lipinski definition) is 7. The number of nitrogens with zero attached hydrogens (tertiary/aromatic N) is 4. The maximum atomic E-state index is 14.5. The van der Waals surface area contributed by atoms with Gasteiger partial charge in [0.05, 0.1) is 12.3 Å². The lowest BCUT2D eigenvalue weighted by Gasteiger charge is -2.39. The Morgan fingerprint density at radius 3 is 2.42 bits per heavy atom. The first-order valence-electron chi connectivity index (χ1n) is 12.9. The summed E-state index contributed by atoms with van der Waals surface area (Å²) in [7, 11) is 0. The van der Waals surface area contributed by atoms with Crippen LogP contribution in [0.3, 0.4) is 0 Å². The lowest BCUT2D eigenvalue weighted by Crippen LogP contribution is -2.41. The van der Waals surface area contributed by atoms with Crippen LogP contribution in [0.15, 0.2) is 18.3 Å². The highest BCUT2D eigenvalue weighted by Gasteiger charge is 2.35. The molecular formula is C26H32F3N7O2. The Labute approximate surface area is 218 Å². The number of fused-ring (bicyclic) bond motifs is 1. The fourth-order valence-corrected chi connectivity index (χ4v) is 5.52. The van der Waals surface area contributed by atoms with E-state index in [0.717, 1.165) is 12.8 Å². The van der Waals surface area contributed by atoms with Crippen molar-refractivity contribution in [2.24, 2.45) is 17.1 Å². The molecule has 0 bridgehead atoms. The Morgan fingerprint density at radius 1 is 1.11 bits per heavy atom. The van der Waals surface area contributed by atoms with Gasteiger partial charge in [-0.15, -0.1) is 0 Å². The van der Waals surface area contributed by atoms with Gasteiger partial charge in [-0.2, -0.15) is 4.98 Å². The molecule has 0 aliphatic heterocycles. The van der Waals surface area contributed by atoms with Crippen LogP contribution in [0.1, 0.15) is 64.8 Å². The summed E-state index contributed by atoms with van der Waals surface area (Å²) in [6.07, 6.45) is 5.60. The number of imidazole rings is 1. The molecular weight excluding hydrogens is 499 g/mol. The molecule has 0 saturated heterocycles. The Balaban J connectivity index is 1.49. The molecule has 38 heavy (non-hydrogen) atoms. The van der Waals surface area contributed by atoms with Crippen LogP contribution in [0, 0.1) is 28.8 Å². The topological polar surface area (TPSA) is 131 Å². The SMILES string of the molecule is CC1(C)CCC(Nc2ncc3nc(Nc4c(F)cc(F)cc4F)n([C@H]4CC[C@@H](C(N)=O)CC4)c3n2)C[C@H]1O. The minimum absolute atomic E-state index is 0.0159. The molecule has 1 aromatic carbocycles. The highest BCUT2D eigenvalue weighted by atomic mass is 19.1. The van der Waals surface area contributed by atoms with Gasteiger partial charge in [-0.25, -0.2) is 23.1 Å². The summed E-state index contributed by atoms with van der Waals surface area (Å²) >= 11 is 0. The number of anilines is 3. The Morgan fingerprint density at radius 2 is 1.79 bits per heavy atom. The molecule has 1 amide bonds. The third-order valence-corrected chi connectivity index (χ3v) is 8.02. The first kappa shape index (κ1) is 26.2. The monoisotopic (exact) mass is 531 g/mol. The molecule has 2 fully saturated rings. The minimum Gasteiger partial charge on any atom is -0.392 e. The average Bonchev–Trinajstić information content (AvgIpc) is 3.21. The van der Waals surface area contributed by atoms with Gasteiger partial charge in [0.25, 0.3) is 0 Å². The van der Waals surface area contributed by atoms with Crippen LogP contribution in [0.25, 0.3) is 11.2 Å². The number of nitrogens with one attached hydrogen (secondary N) is 2. The van der Waals surface area contributed by atoms with Gasteiger partial charge >= 0.3 is 0 Å². The second-order valence-electron chi connectivity index (χ2n) is 11.1. The highest BCUT2D eigenvalue weighted by molar-refractivity contribution is 5.78. The maximum absolute atomic E-state index is 14.5. The van der Waals surface area contributed by atoms with Gasteiger partial charge in [0, 0.05) is 30.1 Å². The molecule has 204 valence electrons. The van der Waals surface area contributed by atoms with Gasteiger partial charge in [-0.1, -0.05) is 13.8 Å². The lowest BCUT2D eigenvalue weighted by molar-refractivity contribution is -0.122. The molecule has 2 heterocycles. The van der Waals surface area contributed by atoms with Crippen LogP contribution < -0.4 is 16.4 Å². The Bertz CT molecular complexity index is 1330. The molecule has 2 aromatic heterocycles. The van der Waals surface area contributed by atoms with Crippen LogP contribution in [0.4, 0.5) is 30.8 Å². The molecule has 2 aliphatic carbocycles. The third kappa shape index (κ3) is 5.13. The predicted molar refractivity (Wildman–Crippen MR) is 136 cm³/mol. The van der Waals surface area contributed by atoms with Gasteiger partial charge in [-0.05, 0) is 50.4 Å². The summed E-state index contributed by atoms with van der Waals surface area (Å²) in [6, 6.07) is 0.999. The summed E-state index contributed by atoms with van der Waals surface area (Å²) in [5.41, 5.74) is 5.68. The average molecular weight is 532 g/mol. The van der Waals surface area contributed by atoms with Crippen molar-refractivity contribution < 1.29 is 23.1 Å². The number of rotatable bonds is 6. The number of hydrogen-bond donors (Lipinski definition) is 4. The molecule has 0 spiro atoms. The standard InChI is InChI=1S/C26H32F3N7O2/c1-26(2)8-7-15(11-20(26)37)32-24-31-12-19-23(35-24)36(16-5-3-13(4-6-16)22(30)38)25(33-19)34-21-17(28)9-14(27)10-18(21)29/h9-10,12-13,15-16,20,37H,3-8,11H2,1-2H3,(H2,30,38)(H,33,34)(H,31,32,35)/t13-,15?,16+,20-/m1/s1. The molecule has 2 atom stereocenters. The Hall–Kier alpha value is -3.41. The second-order valence-corrected chi connectivity index (χ2v) is 11.1. The molecule has 12 heteroatoms. The summed E-state index contributed by atoms with van der Waals surface area (Å²) in [4.78, 5) is 25.3. The number of carbonyl (C=O) groups is 1. The molecule has 5 N–H and O–H groups in total. The number of nitrogens with two attached hydrogens (primary N) is 1. The minimum atomic E-state index is -1.09. The largest absolute Gasteiger partial charge is 0.392 e. The third-order valence-electron chi connectivity index (χ3n) is 8.02. The van der Waals surface area contributed by atoms with Gasteiger partial charge in [0.2, 0.25) is 17.8 Å². The molecule has 9 nitrogen and oxygen atoms in total. The normalized spacial score (nSPS) is 25.3. The van der Waals surface area contributed by atoms with E-state index in [-0.39, 0.29) is 35.3 Å². The molecule has 1 unspecified atom stereocenters. The number of aliphatic hydroxyl groups excluding tert-OH is 1. The van der Waals surface area contributed by atoms with Crippen molar-refractivity contribution in [3.8, 4) is 0 Å². The fourth-order valence-electron chi connectivity index (χ4n) is 5.52. The smallest absolute Gasteiger partial charge is 0.224 e. The first-order valence-corrected chi connectivity index (χ1v) is 12.9. The summed E-state index contributed by atoms with van der Waals surface area (Å²) in [5.74, 6) is -3.31. The summed E-state index contributed by atoms with van der Waals surface area (Å²) in [5, 5.41) is 16.5. The van der Waals surface area contributed by atoms with Gasteiger partial charge < -0.3 is 21.5 Å². The van der Waals surface area contributed by atoms with E-state index in [0.29, 0.717) is 61.3 Å². The number of carbonyl (C=O) groups excluding carboxylic acids is 1. The van der Waals surface area contributed by atoms with Gasteiger partial charge in [-0.3, -0.25) is 9.36 Å². The van der Waals surface area contributed by atoms with Crippen molar-refractivity contribution in [3.63, 3.8) is 0 Å². The van der Waals surface area contributed by atoms with Gasteiger partial charge in [0.1, 0.15) is 17.0 Å². The Kier molecular flexibility index (Phi) is 6.93. The van der Waals surface area contributed by atoms with Crippen molar-refractivity contribution in [1.82, 2.24) is 19.5 Å². The van der Waals surface area contributed by atoms with E-state index in [1.54, 1.807) is 4.57 Å². The second kappa shape index (κ2) is 10.0. The molecule has 2 aliphatic rings. The van der Waals surface area contributed by atoms with Crippen molar-refractivity contribution in [1.29, 1.82) is 0 Å². The highest BCUT2D eigenvalue weighted by Crippen LogP contribution is 2.39. The maximum Gasteiger partial charge on any atom is 0.224 e. The number of aliphatic hydroxyl groups is 1. The zero-order valence-corrected chi connectivity index (χ0v) is 21.3. The van der Waals surface area contributed by atoms with Crippen molar-refractivity contribution in [2.45, 2.75) is 77.0 Å². The quantitative estimate of drug-likeness (QED) is 0.367. The molecule has 5 rings (SSSR count). The lowest BCUT2D eigenvalue weighted by atomic mass is 9.73. The summed E-state index contributed by atoms with van der Waals surface area (Å²) < 4.78 is 44.2.